The average molecular weight is 435 g/mol. The largest absolute Gasteiger partial charge is 0.206 e. The maximum Gasteiger partial charge on any atom is 0.137 e. The van der Waals surface area contributed by atoms with Gasteiger partial charge in [0.1, 0.15) is 5.82 Å². The topological polar surface area (TPSA) is 0 Å². The molecule has 1 unspecified atom stereocenters. The Bertz CT molecular complexity index is 785. The van der Waals surface area contributed by atoms with Gasteiger partial charge in [-0.25, -0.2) is 4.39 Å². The highest BCUT2D eigenvalue weighted by molar-refractivity contribution is 9.11. The smallest absolute Gasteiger partial charge is 0.137 e. The van der Waals surface area contributed by atoms with Gasteiger partial charge >= 0.3 is 0 Å². The molecule has 0 nitrogen and oxygen atoms in total. The van der Waals surface area contributed by atoms with Gasteiger partial charge in [-0.15, -0.1) is 22.9 Å². The third-order valence-corrected chi connectivity index (χ3v) is 6.16. The lowest BCUT2D eigenvalue weighted by atomic mass is 10.0. The molecule has 20 heavy (non-hydrogen) atoms. The number of hydrogen-bond donors (Lipinski definition) is 0. The van der Waals surface area contributed by atoms with Gasteiger partial charge in [0, 0.05) is 9.17 Å². The minimum atomic E-state index is -0.296. The van der Waals surface area contributed by atoms with Gasteiger partial charge in [0.05, 0.1) is 9.85 Å². The second-order valence-electron chi connectivity index (χ2n) is 4.34. The van der Waals surface area contributed by atoms with Crippen molar-refractivity contribution >= 4 is 64.9 Å². The molecule has 0 saturated heterocycles. The monoisotopic (exact) mass is 432 g/mol. The van der Waals surface area contributed by atoms with E-state index >= 15 is 0 Å². The van der Waals surface area contributed by atoms with Crippen molar-refractivity contribution in [2.75, 3.05) is 0 Å². The maximum atomic E-state index is 13.3. The number of hydrogen-bond acceptors (Lipinski definition) is 1. The molecule has 3 rings (SSSR count). The summed E-state index contributed by atoms with van der Waals surface area (Å²) in [4.78, 5) is 0. The highest BCUT2D eigenvalue weighted by atomic mass is 79.9. The van der Waals surface area contributed by atoms with Gasteiger partial charge in [-0.2, -0.15) is 0 Å². The summed E-state index contributed by atoms with van der Waals surface area (Å²) in [6.45, 7) is 0. The Morgan fingerprint density at radius 2 is 1.90 bits per heavy atom. The average Bonchev–Trinajstić information content (AvgIpc) is 2.86. The van der Waals surface area contributed by atoms with Gasteiger partial charge < -0.3 is 0 Å². The molecule has 1 atom stereocenters. The standard InChI is InChI=1S/C15H8Br2ClFS/c16-11-3-1-2-9-10(7-20-15(9)11)14(18)8-4-5-13(19)12(17)6-8/h1-7,14H. The van der Waals surface area contributed by atoms with E-state index in [9.17, 15) is 4.39 Å². The van der Waals surface area contributed by atoms with Crippen LogP contribution in [0, 0.1) is 5.82 Å². The van der Waals surface area contributed by atoms with E-state index < -0.39 is 0 Å². The van der Waals surface area contributed by atoms with Crippen molar-refractivity contribution < 1.29 is 4.39 Å². The predicted molar refractivity (Wildman–Crippen MR) is 91.3 cm³/mol. The molecule has 0 aliphatic heterocycles. The normalized spacial score (nSPS) is 12.8. The van der Waals surface area contributed by atoms with Crippen LogP contribution in [0.3, 0.4) is 0 Å². The first-order valence-corrected chi connectivity index (χ1v) is 8.73. The molecule has 0 aliphatic rings. The summed E-state index contributed by atoms with van der Waals surface area (Å²) in [5, 5.41) is 2.89. The van der Waals surface area contributed by atoms with Crippen molar-refractivity contribution in [3.8, 4) is 0 Å². The second kappa shape index (κ2) is 5.76. The van der Waals surface area contributed by atoms with E-state index in [1.54, 1.807) is 23.5 Å². The van der Waals surface area contributed by atoms with Crippen LogP contribution in [0.5, 0.6) is 0 Å². The predicted octanol–water partition coefficient (Wildman–Crippen LogP) is 6.89. The molecule has 102 valence electrons. The lowest BCUT2D eigenvalue weighted by molar-refractivity contribution is 0.620. The molecule has 0 saturated carbocycles. The summed E-state index contributed by atoms with van der Waals surface area (Å²) in [6.07, 6.45) is 0. The minimum absolute atomic E-state index is 0.282. The first-order valence-electron chi connectivity index (χ1n) is 5.82. The number of fused-ring (bicyclic) bond motifs is 1. The fourth-order valence-corrected chi connectivity index (χ4v) is 4.52. The van der Waals surface area contributed by atoms with Gasteiger partial charge in [-0.3, -0.25) is 0 Å². The van der Waals surface area contributed by atoms with Crippen molar-refractivity contribution in [1.82, 2.24) is 0 Å². The fourth-order valence-electron chi connectivity index (χ4n) is 2.09. The molecule has 0 N–H and O–H groups in total. The van der Waals surface area contributed by atoms with Gasteiger partial charge in [0.15, 0.2) is 0 Å². The summed E-state index contributed by atoms with van der Waals surface area (Å²) in [5.74, 6) is -0.282. The van der Waals surface area contributed by atoms with E-state index in [0.717, 1.165) is 21.0 Å². The molecule has 0 radical (unpaired) electrons. The highest BCUT2D eigenvalue weighted by Crippen LogP contribution is 2.40. The first-order chi connectivity index (χ1) is 9.58. The number of alkyl halides is 1. The number of halogens is 4. The Morgan fingerprint density at radius 3 is 2.65 bits per heavy atom. The molecule has 3 aromatic rings. The third-order valence-electron chi connectivity index (χ3n) is 3.09. The minimum Gasteiger partial charge on any atom is -0.206 e. The van der Waals surface area contributed by atoms with Crippen LogP contribution < -0.4 is 0 Å². The zero-order valence-corrected chi connectivity index (χ0v) is 14.8. The van der Waals surface area contributed by atoms with Crippen molar-refractivity contribution in [1.29, 1.82) is 0 Å². The van der Waals surface area contributed by atoms with Crippen molar-refractivity contribution in [2.45, 2.75) is 5.38 Å². The zero-order valence-electron chi connectivity index (χ0n) is 10.0. The quantitative estimate of drug-likeness (QED) is 0.385. The lowest BCUT2D eigenvalue weighted by Crippen LogP contribution is -1.93. The molecule has 0 amide bonds. The van der Waals surface area contributed by atoms with Gasteiger partial charge in [0.25, 0.3) is 0 Å². The molecule has 0 aliphatic carbocycles. The molecule has 0 spiro atoms. The highest BCUT2D eigenvalue weighted by Gasteiger charge is 2.17. The molecule has 0 fully saturated rings. The summed E-state index contributed by atoms with van der Waals surface area (Å²) in [5.41, 5.74) is 1.92. The summed E-state index contributed by atoms with van der Waals surface area (Å²) in [7, 11) is 0. The molecule has 1 aromatic heterocycles. The molecule has 0 bridgehead atoms. The van der Waals surface area contributed by atoms with Crippen LogP contribution in [0.15, 0.2) is 50.7 Å². The molecule has 1 heterocycles. The molecular formula is C15H8Br2ClFS. The Hall–Kier alpha value is -0.420. The summed E-state index contributed by atoms with van der Waals surface area (Å²) < 4.78 is 16.0. The number of benzene rings is 2. The first kappa shape index (κ1) is 14.5. The fraction of sp³-hybridized carbons (Fsp3) is 0.0667. The summed E-state index contributed by atoms with van der Waals surface area (Å²) >= 11 is 15.0. The van der Waals surface area contributed by atoms with Crippen molar-refractivity contribution in [2.24, 2.45) is 0 Å². The van der Waals surface area contributed by atoms with E-state index in [1.165, 1.54) is 10.8 Å². The third kappa shape index (κ3) is 2.54. The van der Waals surface area contributed by atoms with Crippen molar-refractivity contribution in [3.63, 3.8) is 0 Å². The SMILES string of the molecule is Fc1ccc(C(Cl)c2csc3c(Br)cccc23)cc1Br. The van der Waals surface area contributed by atoms with E-state index in [2.05, 4.69) is 43.3 Å². The van der Waals surface area contributed by atoms with Gasteiger partial charge in [-0.1, -0.05) is 18.2 Å². The molecule has 5 heteroatoms. The Kier molecular flexibility index (Phi) is 4.18. The van der Waals surface area contributed by atoms with Crippen LogP contribution >= 0.6 is 54.8 Å². The van der Waals surface area contributed by atoms with Gasteiger partial charge in [0.2, 0.25) is 0 Å². The van der Waals surface area contributed by atoms with Crippen LogP contribution in [0.2, 0.25) is 0 Å². The van der Waals surface area contributed by atoms with Gasteiger partial charge in [-0.05, 0) is 72.0 Å². The number of thiophene rings is 1. The van der Waals surface area contributed by atoms with E-state index in [1.807, 2.05) is 12.1 Å². The molecular weight excluding hydrogens is 426 g/mol. The Balaban J connectivity index is 2.10. The molecule has 2 aromatic carbocycles. The Labute approximate surface area is 141 Å². The lowest BCUT2D eigenvalue weighted by Gasteiger charge is -2.10. The van der Waals surface area contributed by atoms with E-state index in [-0.39, 0.29) is 11.2 Å². The zero-order chi connectivity index (χ0) is 14.3. The van der Waals surface area contributed by atoms with Crippen LogP contribution in [-0.2, 0) is 0 Å². The van der Waals surface area contributed by atoms with Crippen LogP contribution in [0.1, 0.15) is 16.5 Å². The van der Waals surface area contributed by atoms with Crippen LogP contribution in [-0.4, -0.2) is 0 Å². The van der Waals surface area contributed by atoms with Crippen LogP contribution in [0.25, 0.3) is 10.1 Å². The van der Waals surface area contributed by atoms with Crippen molar-refractivity contribution in [3.05, 3.63) is 67.7 Å². The number of rotatable bonds is 2. The van der Waals surface area contributed by atoms with E-state index in [0.29, 0.717) is 4.47 Å². The van der Waals surface area contributed by atoms with E-state index in [4.69, 9.17) is 11.6 Å². The van der Waals surface area contributed by atoms with Crippen LogP contribution in [0.4, 0.5) is 4.39 Å². The second-order valence-corrected chi connectivity index (χ2v) is 7.37. The summed E-state index contributed by atoms with van der Waals surface area (Å²) in [6, 6.07) is 10.9. The maximum absolute atomic E-state index is 13.3. The Morgan fingerprint density at radius 1 is 1.10 bits per heavy atom.